The monoisotopic (exact) mass is 513 g/mol. The Morgan fingerprint density at radius 2 is 1.34 bits per heavy atom. The largest absolute Gasteiger partial charge is 0.316 e. The normalized spacial score (nSPS) is 11.6. The van der Waals surface area contributed by atoms with Crippen LogP contribution in [0.1, 0.15) is 0 Å². The van der Waals surface area contributed by atoms with Crippen molar-refractivity contribution in [1.29, 1.82) is 0 Å². The second-order valence-electron chi connectivity index (χ2n) is 8.68. The number of hydrogen-bond acceptors (Lipinski definition) is 1. The number of halogens is 1. The van der Waals surface area contributed by atoms with E-state index in [1.165, 1.54) is 32.7 Å². The highest BCUT2D eigenvalue weighted by atomic mass is 79.9. The second kappa shape index (κ2) is 7.97. The molecular formula is C31H20BrN3. The third-order valence-corrected chi connectivity index (χ3v) is 7.14. The quantitative estimate of drug-likeness (QED) is 0.232. The molecular weight excluding hydrogens is 494 g/mol. The molecule has 4 aromatic carbocycles. The van der Waals surface area contributed by atoms with Gasteiger partial charge in [0.05, 0.1) is 22.2 Å². The lowest BCUT2D eigenvalue weighted by atomic mass is 10.1. The molecule has 0 spiro atoms. The van der Waals surface area contributed by atoms with Crippen molar-refractivity contribution in [2.24, 2.45) is 0 Å². The molecule has 0 aliphatic carbocycles. The fraction of sp³-hybridized carbons (Fsp3) is 0. The highest BCUT2D eigenvalue weighted by Crippen LogP contribution is 2.39. The summed E-state index contributed by atoms with van der Waals surface area (Å²) in [4.78, 5) is 4.63. The predicted molar refractivity (Wildman–Crippen MR) is 149 cm³/mol. The first kappa shape index (κ1) is 20.2. The minimum absolute atomic E-state index is 0.965. The molecule has 0 N–H and O–H groups in total. The number of pyridine rings is 1. The topological polar surface area (TPSA) is 22.8 Å². The summed E-state index contributed by atoms with van der Waals surface area (Å²) >= 11 is 3.49. The number of hydrogen-bond donors (Lipinski definition) is 0. The van der Waals surface area contributed by atoms with E-state index >= 15 is 0 Å². The average molecular weight is 514 g/mol. The number of rotatable bonds is 3. The van der Waals surface area contributed by atoms with Gasteiger partial charge in [-0.1, -0.05) is 48.5 Å². The Kier molecular flexibility index (Phi) is 4.61. The number of fused-ring (bicyclic) bond motifs is 5. The van der Waals surface area contributed by atoms with Crippen LogP contribution in [0.15, 0.2) is 126 Å². The SMILES string of the molecule is Brc1ccc(-c2ccc3c(c2)c2ccc4c(ccn4-c4ccccc4)c2n3-c2ccccc2)nc1. The van der Waals surface area contributed by atoms with Gasteiger partial charge in [-0.25, -0.2) is 0 Å². The van der Waals surface area contributed by atoms with Crippen LogP contribution in [0.5, 0.6) is 0 Å². The van der Waals surface area contributed by atoms with Gasteiger partial charge >= 0.3 is 0 Å². The van der Waals surface area contributed by atoms with Crippen LogP contribution < -0.4 is 0 Å². The summed E-state index contributed by atoms with van der Waals surface area (Å²) in [5.74, 6) is 0. The van der Waals surface area contributed by atoms with Crippen LogP contribution in [0.4, 0.5) is 0 Å². The van der Waals surface area contributed by atoms with E-state index in [0.717, 1.165) is 27.1 Å². The van der Waals surface area contributed by atoms with Crippen molar-refractivity contribution < 1.29 is 0 Å². The Bertz CT molecular complexity index is 1830. The summed E-state index contributed by atoms with van der Waals surface area (Å²) in [5, 5.41) is 3.69. The Labute approximate surface area is 211 Å². The fourth-order valence-corrected chi connectivity index (χ4v) is 5.33. The number of aromatic nitrogens is 3. The maximum absolute atomic E-state index is 4.63. The molecule has 4 heteroatoms. The smallest absolute Gasteiger partial charge is 0.0703 e. The molecule has 0 unspecified atom stereocenters. The van der Waals surface area contributed by atoms with E-state index in [1.54, 1.807) is 0 Å². The first-order valence-corrected chi connectivity index (χ1v) is 12.4. The molecule has 0 amide bonds. The molecule has 7 aromatic rings. The predicted octanol–water partition coefficient (Wildman–Crippen LogP) is 8.55. The van der Waals surface area contributed by atoms with E-state index in [-0.39, 0.29) is 0 Å². The summed E-state index contributed by atoms with van der Waals surface area (Å²) in [6.45, 7) is 0. The van der Waals surface area contributed by atoms with Crippen molar-refractivity contribution in [2.75, 3.05) is 0 Å². The van der Waals surface area contributed by atoms with Gasteiger partial charge in [-0.2, -0.15) is 0 Å². The van der Waals surface area contributed by atoms with Gasteiger partial charge in [0.1, 0.15) is 0 Å². The van der Waals surface area contributed by atoms with Crippen LogP contribution in [0, 0.1) is 0 Å². The minimum Gasteiger partial charge on any atom is -0.316 e. The zero-order valence-electron chi connectivity index (χ0n) is 18.8. The zero-order chi connectivity index (χ0) is 23.4. The molecule has 3 nitrogen and oxygen atoms in total. The van der Waals surface area contributed by atoms with Gasteiger partial charge in [0.15, 0.2) is 0 Å². The molecule has 0 radical (unpaired) electrons. The number of nitrogens with zero attached hydrogens (tertiary/aromatic N) is 3. The van der Waals surface area contributed by atoms with Crippen LogP contribution in [0.3, 0.4) is 0 Å². The van der Waals surface area contributed by atoms with Gasteiger partial charge in [-0.05, 0) is 76.6 Å². The Morgan fingerprint density at radius 3 is 2.09 bits per heavy atom. The van der Waals surface area contributed by atoms with Crippen molar-refractivity contribution in [3.05, 3.63) is 126 Å². The fourth-order valence-electron chi connectivity index (χ4n) is 5.09. The van der Waals surface area contributed by atoms with E-state index in [0.29, 0.717) is 0 Å². The Balaban J connectivity index is 1.57. The highest BCUT2D eigenvalue weighted by molar-refractivity contribution is 9.10. The van der Waals surface area contributed by atoms with Gasteiger partial charge in [0.25, 0.3) is 0 Å². The zero-order valence-corrected chi connectivity index (χ0v) is 20.4. The van der Waals surface area contributed by atoms with Crippen LogP contribution in [0.2, 0.25) is 0 Å². The Morgan fingerprint density at radius 1 is 0.600 bits per heavy atom. The maximum Gasteiger partial charge on any atom is 0.0703 e. The summed E-state index contributed by atoms with van der Waals surface area (Å²) in [7, 11) is 0. The first-order chi connectivity index (χ1) is 17.3. The van der Waals surface area contributed by atoms with E-state index in [1.807, 2.05) is 12.3 Å². The summed E-state index contributed by atoms with van der Waals surface area (Å²) in [6, 6.07) is 38.6. The third-order valence-electron chi connectivity index (χ3n) is 6.67. The molecule has 7 rings (SSSR count). The lowest BCUT2D eigenvalue weighted by Crippen LogP contribution is -1.94. The van der Waals surface area contributed by atoms with Gasteiger partial charge in [0.2, 0.25) is 0 Å². The molecule has 0 saturated heterocycles. The van der Waals surface area contributed by atoms with E-state index < -0.39 is 0 Å². The summed E-state index contributed by atoms with van der Waals surface area (Å²) in [5.41, 5.74) is 7.99. The molecule has 0 aliphatic rings. The van der Waals surface area contributed by atoms with Crippen molar-refractivity contribution in [3.63, 3.8) is 0 Å². The van der Waals surface area contributed by atoms with Crippen molar-refractivity contribution >= 4 is 48.6 Å². The summed E-state index contributed by atoms with van der Waals surface area (Å²) in [6.07, 6.45) is 4.02. The molecule has 0 atom stereocenters. The molecule has 3 aromatic heterocycles. The van der Waals surface area contributed by atoms with Gasteiger partial charge in [0, 0.05) is 50.0 Å². The van der Waals surface area contributed by atoms with Crippen LogP contribution in [-0.4, -0.2) is 14.1 Å². The average Bonchev–Trinajstić information content (AvgIpc) is 3.49. The molecule has 0 bridgehead atoms. The van der Waals surface area contributed by atoms with Gasteiger partial charge in [-0.15, -0.1) is 0 Å². The van der Waals surface area contributed by atoms with Gasteiger partial charge < -0.3 is 9.13 Å². The molecule has 3 heterocycles. The standard InChI is InChI=1S/C31H20BrN3/c32-22-12-14-28(33-20-22)21-11-15-30-27(19-21)25-13-16-29-26(17-18-34(29)23-7-3-1-4-8-23)31(25)35(30)24-9-5-2-6-10-24/h1-20H. The third kappa shape index (κ3) is 3.22. The van der Waals surface area contributed by atoms with Crippen molar-refractivity contribution in [1.82, 2.24) is 14.1 Å². The second-order valence-corrected chi connectivity index (χ2v) is 9.60. The minimum atomic E-state index is 0.965. The molecule has 0 saturated carbocycles. The van der Waals surface area contributed by atoms with Crippen LogP contribution in [-0.2, 0) is 0 Å². The van der Waals surface area contributed by atoms with Crippen molar-refractivity contribution in [2.45, 2.75) is 0 Å². The Hall–Kier alpha value is -4.15. The van der Waals surface area contributed by atoms with Crippen LogP contribution >= 0.6 is 15.9 Å². The van der Waals surface area contributed by atoms with Crippen LogP contribution in [0.25, 0.3) is 55.3 Å². The molecule has 0 aliphatic heterocycles. The first-order valence-electron chi connectivity index (χ1n) is 11.6. The molecule has 0 fully saturated rings. The van der Waals surface area contributed by atoms with Gasteiger partial charge in [-0.3, -0.25) is 4.98 Å². The lowest BCUT2D eigenvalue weighted by Gasteiger charge is -2.09. The number of benzene rings is 4. The van der Waals surface area contributed by atoms with E-state index in [9.17, 15) is 0 Å². The number of para-hydroxylation sites is 2. The highest BCUT2D eigenvalue weighted by Gasteiger charge is 2.17. The maximum atomic E-state index is 4.63. The van der Waals surface area contributed by atoms with E-state index in [4.69, 9.17) is 0 Å². The molecule has 166 valence electrons. The summed E-state index contributed by atoms with van der Waals surface area (Å²) < 4.78 is 5.63. The van der Waals surface area contributed by atoms with Crippen molar-refractivity contribution in [3.8, 4) is 22.6 Å². The molecule has 35 heavy (non-hydrogen) atoms. The van der Waals surface area contributed by atoms with E-state index in [2.05, 4.69) is 139 Å². The lowest BCUT2D eigenvalue weighted by molar-refractivity contribution is 1.13.